The van der Waals surface area contributed by atoms with E-state index in [0.717, 1.165) is 38.6 Å². The molecule has 36 heavy (non-hydrogen) atoms. The summed E-state index contributed by atoms with van der Waals surface area (Å²) in [5, 5.41) is 3.24. The van der Waals surface area contributed by atoms with Gasteiger partial charge in [-0.1, -0.05) is 0 Å². The normalized spacial score (nSPS) is 13.2. The van der Waals surface area contributed by atoms with Crippen molar-refractivity contribution in [3.63, 3.8) is 0 Å². The van der Waals surface area contributed by atoms with Crippen LogP contribution in [0.4, 0.5) is 23.2 Å². The van der Waals surface area contributed by atoms with Crippen LogP contribution in [0.15, 0.2) is 66.0 Å². The topological polar surface area (TPSA) is 38.0 Å². The van der Waals surface area contributed by atoms with E-state index in [-0.39, 0.29) is 16.5 Å². The van der Waals surface area contributed by atoms with E-state index in [1.807, 2.05) is 6.92 Å². The Morgan fingerprint density at radius 2 is 1.47 bits per heavy atom. The molecule has 2 rings (SSSR count). The predicted molar refractivity (Wildman–Crippen MR) is 146 cm³/mol. The first-order valence-electron chi connectivity index (χ1n) is 12.1. The number of unbranched alkanes of at least 4 members (excludes halogenated alkanes) is 1. The summed E-state index contributed by atoms with van der Waals surface area (Å²) in [4.78, 5) is 0. The standard InChI is InChI=1S/C29H37BF4N2/c1-8-9-16-27(4,5)26(35)25(18(2)30)19(3)36-24-15-14-22(29(7,33)34)17-23(24)20-10-12-21(13-11-20)28(6,31)32/h10-15,17,30,36H,3,8-9,16,35H2,1-2,4-7H3/b26-25-. The number of halogens is 4. The molecule has 2 aromatic rings. The number of nitrogens with two attached hydrogens (primary N) is 1. The molecular weight excluding hydrogens is 463 g/mol. The summed E-state index contributed by atoms with van der Waals surface area (Å²) < 4.78 is 55.8. The van der Waals surface area contributed by atoms with E-state index in [9.17, 15) is 17.6 Å². The summed E-state index contributed by atoms with van der Waals surface area (Å²) in [6.45, 7) is 13.9. The van der Waals surface area contributed by atoms with Crippen LogP contribution in [0.1, 0.15) is 71.9 Å². The third-order valence-corrected chi connectivity index (χ3v) is 6.40. The average molecular weight is 500 g/mol. The number of rotatable bonds is 11. The van der Waals surface area contributed by atoms with Gasteiger partial charge in [0.2, 0.25) is 0 Å². The van der Waals surface area contributed by atoms with Crippen LogP contribution >= 0.6 is 0 Å². The summed E-state index contributed by atoms with van der Waals surface area (Å²) >= 11 is 0. The monoisotopic (exact) mass is 500 g/mol. The molecule has 0 radical (unpaired) electrons. The molecule has 0 bridgehead atoms. The van der Waals surface area contributed by atoms with E-state index in [2.05, 4.69) is 40.2 Å². The first-order valence-corrected chi connectivity index (χ1v) is 12.1. The molecule has 194 valence electrons. The fourth-order valence-corrected chi connectivity index (χ4v) is 4.07. The zero-order valence-corrected chi connectivity index (χ0v) is 22.2. The first-order chi connectivity index (χ1) is 16.5. The molecule has 0 fully saturated rings. The molecule has 0 aliphatic carbocycles. The van der Waals surface area contributed by atoms with Gasteiger partial charge in [-0.25, -0.2) is 0 Å². The second kappa shape index (κ2) is 11.1. The van der Waals surface area contributed by atoms with Crippen molar-refractivity contribution >= 4 is 18.6 Å². The predicted octanol–water partition coefficient (Wildman–Crippen LogP) is 8.02. The Hall–Kier alpha value is -2.83. The van der Waals surface area contributed by atoms with E-state index in [4.69, 9.17) is 5.73 Å². The van der Waals surface area contributed by atoms with Crippen molar-refractivity contribution in [2.24, 2.45) is 11.1 Å². The first kappa shape index (κ1) is 29.4. The fraction of sp³-hybridized carbons (Fsp3) is 0.414. The van der Waals surface area contributed by atoms with Gasteiger partial charge < -0.3 is 0 Å². The van der Waals surface area contributed by atoms with E-state index >= 15 is 0 Å². The summed E-state index contributed by atoms with van der Waals surface area (Å²) in [6, 6.07) is 9.87. The molecule has 0 unspecified atom stereocenters. The van der Waals surface area contributed by atoms with Gasteiger partial charge in [-0.15, -0.1) is 0 Å². The van der Waals surface area contributed by atoms with Gasteiger partial charge in [-0.2, -0.15) is 0 Å². The van der Waals surface area contributed by atoms with Gasteiger partial charge in [0.15, 0.2) is 0 Å². The van der Waals surface area contributed by atoms with Crippen LogP contribution < -0.4 is 11.1 Å². The zero-order valence-electron chi connectivity index (χ0n) is 22.2. The molecule has 2 aromatic carbocycles. The van der Waals surface area contributed by atoms with Crippen LogP contribution in [-0.4, -0.2) is 13.0 Å². The molecule has 0 amide bonds. The van der Waals surface area contributed by atoms with Gasteiger partial charge >= 0.3 is 214 Å². The van der Waals surface area contributed by atoms with Crippen LogP contribution in [0.25, 0.3) is 11.1 Å². The number of hydrogen-bond acceptors (Lipinski definition) is 2. The van der Waals surface area contributed by atoms with Crippen LogP contribution in [0.3, 0.4) is 0 Å². The second-order valence-corrected chi connectivity index (χ2v) is 10.3. The van der Waals surface area contributed by atoms with Crippen molar-refractivity contribution < 1.29 is 17.6 Å². The van der Waals surface area contributed by atoms with Crippen LogP contribution in [-0.2, 0) is 11.8 Å². The molecule has 7 heteroatoms. The van der Waals surface area contributed by atoms with Crippen molar-refractivity contribution in [3.8, 4) is 11.1 Å². The number of hydrogen-bond donors (Lipinski definition) is 2. The fourth-order valence-electron chi connectivity index (χ4n) is 4.07. The van der Waals surface area contributed by atoms with Gasteiger partial charge in [-0.3, -0.25) is 0 Å². The summed E-state index contributed by atoms with van der Waals surface area (Å²) in [6.07, 6.45) is 2.94. The maximum atomic E-state index is 14.2. The number of allylic oxidation sites excluding steroid dienone is 2. The molecule has 0 spiro atoms. The Labute approximate surface area is 213 Å². The Bertz CT molecular complexity index is 1140. The van der Waals surface area contributed by atoms with Gasteiger partial charge in [0, 0.05) is 0 Å². The van der Waals surface area contributed by atoms with Crippen molar-refractivity contribution in [2.45, 2.75) is 72.6 Å². The van der Waals surface area contributed by atoms with Crippen LogP contribution in [0, 0.1) is 5.41 Å². The van der Waals surface area contributed by atoms with E-state index < -0.39 is 11.8 Å². The molecule has 0 aromatic heterocycles. The molecule has 3 N–H and O–H groups in total. The molecule has 0 heterocycles. The van der Waals surface area contributed by atoms with Gasteiger partial charge in [-0.05, 0) is 0 Å². The third-order valence-electron chi connectivity index (χ3n) is 6.40. The summed E-state index contributed by atoms with van der Waals surface area (Å²) in [5.74, 6) is -6.08. The Balaban J connectivity index is 2.59. The summed E-state index contributed by atoms with van der Waals surface area (Å²) in [7, 11) is 4.08. The number of benzene rings is 2. The van der Waals surface area contributed by atoms with Crippen LogP contribution in [0.5, 0.6) is 0 Å². The van der Waals surface area contributed by atoms with Crippen molar-refractivity contribution in [3.05, 3.63) is 77.1 Å². The number of alkyl halides is 4. The van der Waals surface area contributed by atoms with Crippen molar-refractivity contribution in [1.29, 1.82) is 0 Å². The molecular formula is C29H37BF4N2. The molecule has 0 saturated heterocycles. The molecule has 0 aliphatic rings. The molecule has 0 aliphatic heterocycles. The minimum absolute atomic E-state index is 0.156. The van der Waals surface area contributed by atoms with Gasteiger partial charge in [0.1, 0.15) is 0 Å². The van der Waals surface area contributed by atoms with Crippen molar-refractivity contribution in [1.82, 2.24) is 0 Å². The second-order valence-electron chi connectivity index (χ2n) is 10.3. The minimum atomic E-state index is -3.07. The molecule has 2 nitrogen and oxygen atoms in total. The Morgan fingerprint density at radius 1 is 0.944 bits per heavy atom. The SMILES string of the molecule is B=C(C)/C(C(=C)Nc1ccc(C(C)(F)F)cc1-c1ccc(C(C)(F)F)cc1)=C(/N)C(C)(C)CCCC. The Morgan fingerprint density at radius 3 is 1.94 bits per heavy atom. The zero-order chi connectivity index (χ0) is 27.5. The molecule has 0 atom stereocenters. The van der Waals surface area contributed by atoms with Gasteiger partial charge in [0.25, 0.3) is 0 Å². The third kappa shape index (κ3) is 7.11. The number of nitrogens with one attached hydrogen (secondary N) is 1. The van der Waals surface area contributed by atoms with E-state index in [1.54, 1.807) is 6.07 Å². The molecule has 0 saturated carbocycles. The van der Waals surface area contributed by atoms with E-state index in [0.29, 0.717) is 33.8 Å². The maximum absolute atomic E-state index is 14.2. The summed E-state index contributed by atoms with van der Waals surface area (Å²) in [5.41, 5.74) is 9.98. The van der Waals surface area contributed by atoms with Crippen LogP contribution in [0.2, 0.25) is 0 Å². The Kier molecular flexibility index (Phi) is 9.03. The number of anilines is 1. The van der Waals surface area contributed by atoms with Gasteiger partial charge in [0.05, 0.1) is 0 Å². The average Bonchev–Trinajstić information content (AvgIpc) is 2.76. The quantitative estimate of drug-likeness (QED) is 0.186. The van der Waals surface area contributed by atoms with Crippen molar-refractivity contribution in [2.75, 3.05) is 5.32 Å². The van der Waals surface area contributed by atoms with E-state index in [1.165, 1.54) is 36.4 Å².